The highest BCUT2D eigenvalue weighted by molar-refractivity contribution is 6.32. The summed E-state index contributed by atoms with van der Waals surface area (Å²) >= 11 is 0. The van der Waals surface area contributed by atoms with Crippen LogP contribution in [0.1, 0.15) is 29.5 Å². The molecular formula is C31H35N3O13. The Morgan fingerprint density at radius 2 is 1.85 bits per heavy atom. The number of aliphatic hydroxyl groups is 6. The number of rotatable bonds is 11. The molecule has 16 nitrogen and oxygen atoms in total. The molecule has 5 rings (SSSR count). The standard InChI is InChI=1S/C31H35N3O13/c35-7-1-6-30(29(43)44)12-18-10-22(38)23(46-31(45)28(42)27(41)26(40)24(14-36)47-31)11-20(18)34(30)25(39)5-3-16-2-4-21(37)17(8-16)9-19-13-32-15-33-19/h2-5,8,10-11,13,24,26-28,35-38,40-42,45H,1,6-7,9,12,14-15H2,(H,43,44)/b5-3+/t24-,26-,27+,28-,30-,31+/m1/s1. The molecule has 0 aromatic heterocycles. The molecule has 16 heteroatoms. The minimum Gasteiger partial charge on any atom is -0.508 e. The van der Waals surface area contributed by atoms with Crippen molar-refractivity contribution in [2.75, 3.05) is 24.8 Å². The van der Waals surface area contributed by atoms with E-state index in [4.69, 9.17) is 9.47 Å². The van der Waals surface area contributed by atoms with Gasteiger partial charge in [0.2, 0.25) is 0 Å². The number of fused-ring (bicyclic) bond motifs is 1. The highest BCUT2D eigenvalue weighted by Gasteiger charge is 2.56. The molecule has 0 radical (unpaired) electrons. The molecule has 2 aromatic rings. The van der Waals surface area contributed by atoms with Gasteiger partial charge in [0.1, 0.15) is 36.3 Å². The number of aliphatic carboxylic acids is 1. The maximum absolute atomic E-state index is 13.9. The molecule has 0 aliphatic carbocycles. The van der Waals surface area contributed by atoms with E-state index in [1.807, 2.05) is 0 Å². The zero-order valence-corrected chi connectivity index (χ0v) is 24.9. The smallest absolute Gasteiger partial charge is 0.355 e. The van der Waals surface area contributed by atoms with Gasteiger partial charge in [0.05, 0.1) is 18.0 Å². The van der Waals surface area contributed by atoms with Crippen molar-refractivity contribution in [3.8, 4) is 17.2 Å². The number of aromatic hydroxyl groups is 2. The highest BCUT2D eigenvalue weighted by atomic mass is 16.8. The van der Waals surface area contributed by atoms with Crippen molar-refractivity contribution >= 4 is 35.6 Å². The third-order valence-electron chi connectivity index (χ3n) is 8.35. The van der Waals surface area contributed by atoms with Crippen molar-refractivity contribution in [2.24, 2.45) is 9.98 Å². The number of aliphatic hydroxyl groups excluding tert-OH is 5. The number of ether oxygens (including phenoxy) is 2. The van der Waals surface area contributed by atoms with Gasteiger partial charge in [0.15, 0.2) is 17.6 Å². The largest absolute Gasteiger partial charge is 0.508 e. The maximum atomic E-state index is 13.9. The second kappa shape index (κ2) is 13.4. The van der Waals surface area contributed by atoms with E-state index >= 15 is 0 Å². The van der Waals surface area contributed by atoms with Crippen LogP contribution in [0.2, 0.25) is 0 Å². The number of carbonyl (C=O) groups excluding carboxylic acids is 1. The van der Waals surface area contributed by atoms with Crippen LogP contribution in [-0.2, 0) is 27.2 Å². The molecule has 2 aromatic carbocycles. The lowest BCUT2D eigenvalue weighted by molar-refractivity contribution is -0.422. The monoisotopic (exact) mass is 657 g/mol. The molecule has 47 heavy (non-hydrogen) atoms. The Hall–Kier alpha value is -4.42. The van der Waals surface area contributed by atoms with Crippen LogP contribution in [-0.4, -0.2) is 126 Å². The lowest BCUT2D eigenvalue weighted by Crippen LogP contribution is -2.67. The SMILES string of the molecule is O=C(/C=C/c1ccc(O)c(CC2=NCN=C2)c1)N1c2cc(O[C@]3(O)O[C@H](CO)[C@@H](O)[C@H](O)[C@H]3O)c(O)cc2C[C@]1(CCCO)C(=O)O. The molecule has 252 valence electrons. The summed E-state index contributed by atoms with van der Waals surface area (Å²) in [6, 6.07) is 6.77. The summed E-state index contributed by atoms with van der Waals surface area (Å²) < 4.78 is 10.5. The molecule has 3 aliphatic heterocycles. The normalized spacial score (nSPS) is 28.5. The van der Waals surface area contributed by atoms with E-state index in [9.17, 15) is 55.5 Å². The Labute approximate surface area is 267 Å². The van der Waals surface area contributed by atoms with Crippen molar-refractivity contribution < 1.29 is 65.0 Å². The molecule has 6 atom stereocenters. The summed E-state index contributed by atoms with van der Waals surface area (Å²) in [5, 5.41) is 92.2. The lowest BCUT2D eigenvalue weighted by Gasteiger charge is -2.44. The van der Waals surface area contributed by atoms with Crippen molar-refractivity contribution in [3.63, 3.8) is 0 Å². The first-order chi connectivity index (χ1) is 22.3. The molecule has 0 saturated carbocycles. The van der Waals surface area contributed by atoms with E-state index in [1.165, 1.54) is 12.1 Å². The van der Waals surface area contributed by atoms with Crippen LogP contribution in [0, 0.1) is 0 Å². The molecular weight excluding hydrogens is 622 g/mol. The van der Waals surface area contributed by atoms with Crippen molar-refractivity contribution in [1.29, 1.82) is 0 Å². The summed E-state index contributed by atoms with van der Waals surface area (Å²) in [5.74, 6) is -6.56. The van der Waals surface area contributed by atoms with E-state index in [0.29, 0.717) is 29.9 Å². The Morgan fingerprint density at radius 3 is 2.51 bits per heavy atom. The summed E-state index contributed by atoms with van der Waals surface area (Å²) in [6.07, 6.45) is -3.77. The minimum absolute atomic E-state index is 0.000179. The van der Waals surface area contributed by atoms with Crippen LogP contribution in [0.5, 0.6) is 17.2 Å². The summed E-state index contributed by atoms with van der Waals surface area (Å²) in [7, 11) is 0. The Kier molecular flexibility index (Phi) is 9.65. The molecule has 3 heterocycles. The highest BCUT2D eigenvalue weighted by Crippen LogP contribution is 2.47. The molecule has 1 amide bonds. The molecule has 0 unspecified atom stereocenters. The lowest BCUT2D eigenvalue weighted by atomic mass is 9.88. The number of hydrogen-bond acceptors (Lipinski definition) is 14. The van der Waals surface area contributed by atoms with Crippen LogP contribution >= 0.6 is 0 Å². The van der Waals surface area contributed by atoms with Crippen molar-refractivity contribution in [2.45, 2.75) is 61.6 Å². The van der Waals surface area contributed by atoms with Gasteiger partial charge in [-0.25, -0.2) is 4.79 Å². The van der Waals surface area contributed by atoms with E-state index in [1.54, 1.807) is 18.3 Å². The van der Waals surface area contributed by atoms with Gasteiger partial charge >= 0.3 is 11.9 Å². The van der Waals surface area contributed by atoms with E-state index in [-0.39, 0.29) is 42.9 Å². The average molecular weight is 658 g/mol. The first kappa shape index (κ1) is 33.9. The predicted molar refractivity (Wildman–Crippen MR) is 163 cm³/mol. The molecule has 0 bridgehead atoms. The summed E-state index contributed by atoms with van der Waals surface area (Å²) in [6.45, 7) is -0.967. The Morgan fingerprint density at radius 1 is 1.09 bits per heavy atom. The number of carboxylic acids is 1. The second-order valence-corrected chi connectivity index (χ2v) is 11.5. The third kappa shape index (κ3) is 6.44. The molecule has 1 saturated heterocycles. The van der Waals surface area contributed by atoms with Gasteiger partial charge in [-0.15, -0.1) is 0 Å². The topological polar surface area (TPSA) is 263 Å². The van der Waals surface area contributed by atoms with Gasteiger partial charge in [-0.2, -0.15) is 0 Å². The van der Waals surface area contributed by atoms with E-state index in [2.05, 4.69) is 9.98 Å². The van der Waals surface area contributed by atoms with Gasteiger partial charge in [0, 0.05) is 43.4 Å². The maximum Gasteiger partial charge on any atom is 0.355 e. The number of carbonyl (C=O) groups is 2. The fourth-order valence-electron chi connectivity index (χ4n) is 5.91. The van der Waals surface area contributed by atoms with Gasteiger partial charge in [0.25, 0.3) is 5.91 Å². The van der Waals surface area contributed by atoms with Crippen LogP contribution in [0.4, 0.5) is 5.69 Å². The zero-order chi connectivity index (χ0) is 34.1. The number of aliphatic imine (C=N–C) groups is 2. The molecule has 3 aliphatic rings. The number of nitrogens with zero attached hydrogens (tertiary/aromatic N) is 3. The van der Waals surface area contributed by atoms with Gasteiger partial charge in [-0.3, -0.25) is 19.7 Å². The van der Waals surface area contributed by atoms with Gasteiger partial charge in [-0.05, 0) is 48.2 Å². The number of amides is 1. The van der Waals surface area contributed by atoms with Gasteiger partial charge in [-0.1, -0.05) is 6.07 Å². The zero-order valence-electron chi connectivity index (χ0n) is 24.9. The number of phenols is 2. The van der Waals surface area contributed by atoms with Crippen LogP contribution < -0.4 is 9.64 Å². The Balaban J connectivity index is 1.51. The van der Waals surface area contributed by atoms with Crippen molar-refractivity contribution in [3.05, 3.63) is 53.1 Å². The van der Waals surface area contributed by atoms with Crippen LogP contribution in [0.15, 0.2) is 46.4 Å². The molecule has 9 N–H and O–H groups in total. The quantitative estimate of drug-likeness (QED) is 0.102. The minimum atomic E-state index is -3.10. The van der Waals surface area contributed by atoms with E-state index in [0.717, 1.165) is 23.1 Å². The average Bonchev–Trinajstić information content (AvgIpc) is 3.67. The number of hydrogen-bond donors (Lipinski definition) is 9. The Bertz CT molecular complexity index is 1630. The van der Waals surface area contributed by atoms with Crippen molar-refractivity contribution in [1.82, 2.24) is 0 Å². The van der Waals surface area contributed by atoms with Crippen LogP contribution in [0.3, 0.4) is 0 Å². The number of phenolic OH excluding ortho intramolecular Hbond substituents is 2. The fourth-order valence-corrected chi connectivity index (χ4v) is 5.91. The third-order valence-corrected chi connectivity index (χ3v) is 8.35. The van der Waals surface area contributed by atoms with E-state index < -0.39 is 65.9 Å². The fraction of sp³-hybridized carbons (Fsp3) is 0.419. The first-order valence-electron chi connectivity index (χ1n) is 14.6. The summed E-state index contributed by atoms with van der Waals surface area (Å²) in [5.41, 5.74) is -0.0931. The first-order valence-corrected chi connectivity index (χ1v) is 14.6. The molecule has 1 fully saturated rings. The molecule has 0 spiro atoms. The predicted octanol–water partition coefficient (Wildman–Crippen LogP) is -1.18. The van der Waals surface area contributed by atoms with Crippen LogP contribution in [0.25, 0.3) is 6.08 Å². The number of carboxylic acid groups (broad SMARTS) is 1. The number of anilines is 1. The second-order valence-electron chi connectivity index (χ2n) is 11.5. The summed E-state index contributed by atoms with van der Waals surface area (Å²) in [4.78, 5) is 35.9. The van der Waals surface area contributed by atoms with Gasteiger partial charge < -0.3 is 55.4 Å². The number of benzene rings is 2.